The quantitative estimate of drug-likeness (QED) is 0.724. The average molecular weight is 308 g/mol. The van der Waals surface area contributed by atoms with E-state index in [2.05, 4.69) is 5.32 Å². The lowest BCUT2D eigenvalue weighted by atomic mass is 9.76. The van der Waals surface area contributed by atoms with E-state index in [1.165, 1.54) is 7.05 Å². The summed E-state index contributed by atoms with van der Waals surface area (Å²) < 4.78 is 24.3. The molecule has 0 aliphatic heterocycles. The number of carboxylic acid groups (broad SMARTS) is 1. The molecule has 0 aromatic rings. The normalized spacial score (nSPS) is 13.1. The first kappa shape index (κ1) is 19.6. The minimum Gasteiger partial charge on any atom is -0.481 e. The molecule has 2 N–H and O–H groups in total. The maximum atomic E-state index is 12.2. The van der Waals surface area contributed by atoms with Crippen LogP contribution in [0.1, 0.15) is 40.0 Å². The van der Waals surface area contributed by atoms with Crippen molar-refractivity contribution < 1.29 is 23.5 Å². The predicted octanol–water partition coefficient (Wildman–Crippen LogP) is 2.81. The molecule has 0 aromatic carbocycles. The van der Waals surface area contributed by atoms with Gasteiger partial charge in [-0.2, -0.15) is 0 Å². The van der Waals surface area contributed by atoms with Crippen LogP contribution in [-0.2, 0) is 4.79 Å². The van der Waals surface area contributed by atoms with Gasteiger partial charge in [0.25, 0.3) is 6.43 Å². The van der Waals surface area contributed by atoms with Gasteiger partial charge in [0.1, 0.15) is 0 Å². The van der Waals surface area contributed by atoms with Crippen molar-refractivity contribution in [3.05, 3.63) is 0 Å². The molecule has 21 heavy (non-hydrogen) atoms. The predicted molar refractivity (Wildman–Crippen MR) is 76.5 cm³/mol. The number of nitrogens with zero attached hydrogens (tertiary/aromatic N) is 1. The molecule has 0 fully saturated rings. The van der Waals surface area contributed by atoms with Crippen LogP contribution in [0.3, 0.4) is 0 Å². The molecule has 0 saturated carbocycles. The molecule has 0 saturated heterocycles. The number of rotatable bonds is 8. The third-order valence-corrected chi connectivity index (χ3v) is 3.46. The van der Waals surface area contributed by atoms with Gasteiger partial charge in [0.2, 0.25) is 0 Å². The van der Waals surface area contributed by atoms with E-state index in [0.29, 0.717) is 19.4 Å². The van der Waals surface area contributed by atoms with Crippen LogP contribution in [0.5, 0.6) is 0 Å². The molecule has 0 radical (unpaired) electrons. The van der Waals surface area contributed by atoms with Crippen LogP contribution >= 0.6 is 0 Å². The Hall–Kier alpha value is -1.40. The Morgan fingerprint density at radius 3 is 2.24 bits per heavy atom. The first-order valence-electron chi connectivity index (χ1n) is 7.03. The molecule has 0 aliphatic carbocycles. The van der Waals surface area contributed by atoms with Crippen molar-refractivity contribution in [3.63, 3.8) is 0 Å². The minimum atomic E-state index is -2.56. The zero-order valence-electron chi connectivity index (χ0n) is 13.2. The van der Waals surface area contributed by atoms with Crippen LogP contribution in [0.15, 0.2) is 0 Å². The van der Waals surface area contributed by atoms with Gasteiger partial charge in [0.15, 0.2) is 0 Å². The van der Waals surface area contributed by atoms with Crippen molar-refractivity contribution in [2.75, 3.05) is 20.1 Å². The Kier molecular flexibility index (Phi) is 8.21. The minimum absolute atomic E-state index is 0.0744. The van der Waals surface area contributed by atoms with Crippen molar-refractivity contribution in [2.24, 2.45) is 11.3 Å². The van der Waals surface area contributed by atoms with E-state index in [9.17, 15) is 18.4 Å². The summed E-state index contributed by atoms with van der Waals surface area (Å²) in [5.41, 5.74) is -0.0744. The number of hydrogen-bond donors (Lipinski definition) is 2. The fourth-order valence-electron chi connectivity index (χ4n) is 2.09. The summed E-state index contributed by atoms with van der Waals surface area (Å²) in [5, 5.41) is 11.3. The molecule has 1 atom stereocenters. The Labute approximate surface area is 124 Å². The second-order valence-corrected chi connectivity index (χ2v) is 6.29. The summed E-state index contributed by atoms with van der Waals surface area (Å²) in [4.78, 5) is 23.2. The van der Waals surface area contributed by atoms with Gasteiger partial charge < -0.3 is 15.3 Å². The standard InChI is InChI=1S/C14H26F2N2O3/c1-14(2,3)10(5-6-12(19)20)7-8-17-13(21)18(4)9-11(15)16/h10-11H,5-9H2,1-4H3,(H,17,21)(H,19,20). The molecule has 0 aliphatic rings. The monoisotopic (exact) mass is 308 g/mol. The van der Waals surface area contributed by atoms with Crippen molar-refractivity contribution in [3.8, 4) is 0 Å². The fourth-order valence-corrected chi connectivity index (χ4v) is 2.09. The highest BCUT2D eigenvalue weighted by atomic mass is 19.3. The molecule has 124 valence electrons. The second-order valence-electron chi connectivity index (χ2n) is 6.29. The number of carboxylic acids is 1. The SMILES string of the molecule is CN(CC(F)F)C(=O)NCCC(CCC(=O)O)C(C)(C)C. The largest absolute Gasteiger partial charge is 0.481 e. The molecule has 0 heterocycles. The average Bonchev–Trinajstić information content (AvgIpc) is 2.30. The van der Waals surface area contributed by atoms with Gasteiger partial charge in [0, 0.05) is 20.0 Å². The highest BCUT2D eigenvalue weighted by molar-refractivity contribution is 5.73. The number of nitrogens with one attached hydrogen (secondary N) is 1. The lowest BCUT2D eigenvalue weighted by molar-refractivity contribution is -0.137. The van der Waals surface area contributed by atoms with Crippen LogP contribution in [-0.4, -0.2) is 48.6 Å². The van der Waals surface area contributed by atoms with Crippen LogP contribution in [0.4, 0.5) is 13.6 Å². The highest BCUT2D eigenvalue weighted by Crippen LogP contribution is 2.32. The number of hydrogen-bond acceptors (Lipinski definition) is 2. The summed E-state index contributed by atoms with van der Waals surface area (Å²) >= 11 is 0. The molecular formula is C14H26F2N2O3. The van der Waals surface area contributed by atoms with Crippen LogP contribution < -0.4 is 5.32 Å². The zero-order chi connectivity index (χ0) is 16.6. The fraction of sp³-hybridized carbons (Fsp3) is 0.857. The van der Waals surface area contributed by atoms with Gasteiger partial charge >= 0.3 is 12.0 Å². The zero-order valence-corrected chi connectivity index (χ0v) is 13.2. The number of carbonyl (C=O) groups is 2. The maximum absolute atomic E-state index is 12.2. The number of amides is 2. The number of alkyl halides is 2. The Balaban J connectivity index is 4.24. The summed E-state index contributed by atoms with van der Waals surface area (Å²) in [6.45, 7) is 5.79. The van der Waals surface area contributed by atoms with E-state index in [1.807, 2.05) is 20.8 Å². The van der Waals surface area contributed by atoms with Crippen molar-refractivity contribution in [1.29, 1.82) is 0 Å². The van der Waals surface area contributed by atoms with E-state index >= 15 is 0 Å². The number of urea groups is 1. The Morgan fingerprint density at radius 2 is 1.81 bits per heavy atom. The maximum Gasteiger partial charge on any atom is 0.317 e. The molecule has 0 spiro atoms. The van der Waals surface area contributed by atoms with E-state index in [1.54, 1.807) is 0 Å². The van der Waals surface area contributed by atoms with E-state index in [-0.39, 0.29) is 17.8 Å². The van der Waals surface area contributed by atoms with E-state index in [0.717, 1.165) is 4.90 Å². The summed E-state index contributed by atoms with van der Waals surface area (Å²) in [6, 6.07) is -0.541. The van der Waals surface area contributed by atoms with E-state index < -0.39 is 25.0 Å². The van der Waals surface area contributed by atoms with Crippen molar-refractivity contribution in [1.82, 2.24) is 10.2 Å². The first-order valence-corrected chi connectivity index (χ1v) is 7.03. The van der Waals surface area contributed by atoms with Gasteiger partial charge in [-0.05, 0) is 24.2 Å². The van der Waals surface area contributed by atoms with Gasteiger partial charge in [0.05, 0.1) is 6.54 Å². The Morgan fingerprint density at radius 1 is 1.24 bits per heavy atom. The number of halogens is 2. The van der Waals surface area contributed by atoms with E-state index in [4.69, 9.17) is 5.11 Å². The van der Waals surface area contributed by atoms with Gasteiger partial charge in [-0.15, -0.1) is 0 Å². The second kappa shape index (κ2) is 8.79. The molecular weight excluding hydrogens is 282 g/mol. The molecule has 0 aromatic heterocycles. The van der Waals surface area contributed by atoms with Crippen LogP contribution in [0.25, 0.3) is 0 Å². The van der Waals surface area contributed by atoms with Crippen molar-refractivity contribution >= 4 is 12.0 Å². The Bertz CT molecular complexity index is 344. The third kappa shape index (κ3) is 9.20. The lowest BCUT2D eigenvalue weighted by Gasteiger charge is -2.31. The third-order valence-electron chi connectivity index (χ3n) is 3.46. The van der Waals surface area contributed by atoms with Crippen molar-refractivity contribution in [2.45, 2.75) is 46.5 Å². The lowest BCUT2D eigenvalue weighted by Crippen LogP contribution is -2.41. The topological polar surface area (TPSA) is 69.6 Å². The molecule has 0 rings (SSSR count). The van der Waals surface area contributed by atoms with Crippen LogP contribution in [0.2, 0.25) is 0 Å². The van der Waals surface area contributed by atoms with Crippen LogP contribution in [0, 0.1) is 11.3 Å². The van der Waals surface area contributed by atoms with Gasteiger partial charge in [-0.25, -0.2) is 13.6 Å². The van der Waals surface area contributed by atoms with Gasteiger partial charge in [-0.1, -0.05) is 20.8 Å². The molecule has 7 heteroatoms. The number of carbonyl (C=O) groups excluding carboxylic acids is 1. The smallest absolute Gasteiger partial charge is 0.317 e. The molecule has 0 bridgehead atoms. The number of aliphatic carboxylic acids is 1. The highest BCUT2D eigenvalue weighted by Gasteiger charge is 2.25. The summed E-state index contributed by atoms with van der Waals surface area (Å²) in [7, 11) is 1.31. The molecule has 1 unspecified atom stereocenters. The summed E-state index contributed by atoms with van der Waals surface area (Å²) in [5.74, 6) is -0.709. The van der Waals surface area contributed by atoms with Gasteiger partial charge in [-0.3, -0.25) is 4.79 Å². The first-order chi connectivity index (χ1) is 9.54. The summed E-state index contributed by atoms with van der Waals surface area (Å²) in [6.07, 6.45) is -1.33. The molecule has 2 amide bonds. The molecule has 5 nitrogen and oxygen atoms in total.